The van der Waals surface area contributed by atoms with Crippen molar-refractivity contribution in [3.63, 3.8) is 0 Å². The minimum absolute atomic E-state index is 0.318. The van der Waals surface area contributed by atoms with Crippen molar-refractivity contribution in [1.82, 2.24) is 9.97 Å². The summed E-state index contributed by atoms with van der Waals surface area (Å²) in [7, 11) is 1.96. The van der Waals surface area contributed by atoms with Gasteiger partial charge in [-0.05, 0) is 19.9 Å². The fourth-order valence-corrected chi connectivity index (χ4v) is 3.88. The summed E-state index contributed by atoms with van der Waals surface area (Å²) in [5.41, 5.74) is 3.03. The van der Waals surface area contributed by atoms with E-state index < -0.39 is 16.3 Å². The first-order valence-corrected chi connectivity index (χ1v) is 8.86. The van der Waals surface area contributed by atoms with Gasteiger partial charge in [0.05, 0.1) is 42.2 Å². The number of nitrogens with one attached hydrogen (secondary N) is 2. The smallest absolute Gasteiger partial charge is 0.215 e. The van der Waals surface area contributed by atoms with E-state index in [1.807, 2.05) is 19.9 Å². The van der Waals surface area contributed by atoms with Gasteiger partial charge in [-0.15, -0.1) is 0 Å². The highest BCUT2D eigenvalue weighted by atomic mass is 32.2. The molecule has 8 heteroatoms. The van der Waals surface area contributed by atoms with Crippen molar-refractivity contribution in [3.05, 3.63) is 35.2 Å². The van der Waals surface area contributed by atoms with Crippen molar-refractivity contribution in [1.29, 1.82) is 0 Å². The molecule has 3 heterocycles. The first-order valence-electron chi connectivity index (χ1n) is 7.48. The van der Waals surface area contributed by atoms with E-state index in [0.717, 1.165) is 28.3 Å². The van der Waals surface area contributed by atoms with Crippen molar-refractivity contribution in [2.75, 3.05) is 24.9 Å². The van der Waals surface area contributed by atoms with Gasteiger partial charge >= 0.3 is 0 Å². The number of hydrogen-bond donors (Lipinski definition) is 2. The molecule has 0 bridgehead atoms. The number of aromatic nitrogens is 2. The summed E-state index contributed by atoms with van der Waals surface area (Å²) >= 11 is 0. The van der Waals surface area contributed by atoms with Gasteiger partial charge < -0.3 is 20.1 Å². The van der Waals surface area contributed by atoms with E-state index in [1.165, 1.54) is 0 Å². The molecule has 2 aromatic heterocycles. The van der Waals surface area contributed by atoms with E-state index >= 15 is 0 Å². The normalized spacial score (nSPS) is 16.8. The average molecular weight is 348 g/mol. The molecule has 2 unspecified atom stereocenters. The highest BCUT2D eigenvalue weighted by Gasteiger charge is 2.27. The zero-order valence-electron chi connectivity index (χ0n) is 14.0. The van der Waals surface area contributed by atoms with Crippen LogP contribution in [0.15, 0.2) is 18.3 Å². The molecule has 0 fully saturated rings. The highest BCUT2D eigenvalue weighted by Crippen LogP contribution is 2.31. The van der Waals surface area contributed by atoms with Crippen LogP contribution in [0.3, 0.4) is 0 Å². The Morgan fingerprint density at radius 2 is 2.00 bits per heavy atom. The maximum Gasteiger partial charge on any atom is 0.215 e. The molecule has 0 aliphatic carbocycles. The van der Waals surface area contributed by atoms with E-state index in [4.69, 9.17) is 9.47 Å². The van der Waals surface area contributed by atoms with E-state index in [2.05, 4.69) is 20.6 Å². The largest absolute Gasteiger partial charge is 0.496 e. The molecule has 128 valence electrons. The zero-order chi connectivity index (χ0) is 17.3. The lowest BCUT2D eigenvalue weighted by Gasteiger charge is -2.15. The summed E-state index contributed by atoms with van der Waals surface area (Å²) in [5, 5.41) is 6.30. The lowest BCUT2D eigenvalue weighted by Crippen LogP contribution is -2.29. The van der Waals surface area contributed by atoms with Crippen LogP contribution in [0, 0.1) is 13.8 Å². The molecule has 2 atom stereocenters. The lowest BCUT2D eigenvalue weighted by molar-refractivity contribution is 0.398. The quantitative estimate of drug-likeness (QED) is 0.856. The molecule has 2 aromatic rings. The van der Waals surface area contributed by atoms with Gasteiger partial charge in [-0.1, -0.05) is 0 Å². The molecule has 0 saturated carbocycles. The van der Waals surface area contributed by atoms with Crippen molar-refractivity contribution >= 4 is 22.3 Å². The van der Waals surface area contributed by atoms with Crippen LogP contribution in [0.5, 0.6) is 11.6 Å². The number of anilines is 2. The Balaban J connectivity index is 1.75. The number of fused-ring (bicyclic) bond motifs is 1. The number of pyridine rings is 2. The topological polar surface area (TPSA) is 85.4 Å². The number of rotatable bonds is 5. The van der Waals surface area contributed by atoms with E-state index in [0.29, 0.717) is 17.5 Å². The molecule has 0 spiro atoms. The second kappa shape index (κ2) is 6.64. The molecular formula is C16H20N4O3S. The molecule has 0 amide bonds. The van der Waals surface area contributed by atoms with Gasteiger partial charge in [0.1, 0.15) is 5.75 Å². The number of ether oxygens (including phenoxy) is 2. The molecule has 7 nitrogen and oxygen atoms in total. The van der Waals surface area contributed by atoms with Crippen LogP contribution in [0.4, 0.5) is 11.5 Å². The number of methoxy groups -OCH3 is 2. The van der Waals surface area contributed by atoms with E-state index in [-0.39, 0.29) is 0 Å². The third-order valence-electron chi connectivity index (χ3n) is 3.92. The SMILES string of the molecule is COc1ccc2c(n1)NC(S(=O)Cc1ncc(C)c(OC)c1C)N2. The van der Waals surface area contributed by atoms with Crippen molar-refractivity contribution < 1.29 is 13.7 Å². The van der Waals surface area contributed by atoms with E-state index in [1.54, 1.807) is 26.5 Å². The predicted molar refractivity (Wildman–Crippen MR) is 93.9 cm³/mol. The van der Waals surface area contributed by atoms with Crippen LogP contribution in [0.2, 0.25) is 0 Å². The van der Waals surface area contributed by atoms with Crippen LogP contribution in [0.1, 0.15) is 16.8 Å². The Kier molecular flexibility index (Phi) is 4.57. The number of hydrogen-bond acceptors (Lipinski definition) is 7. The molecule has 0 saturated heterocycles. The van der Waals surface area contributed by atoms with Crippen LogP contribution in [-0.2, 0) is 16.6 Å². The Hall–Kier alpha value is -2.35. The highest BCUT2D eigenvalue weighted by molar-refractivity contribution is 7.85. The van der Waals surface area contributed by atoms with Gasteiger partial charge in [0.2, 0.25) is 5.88 Å². The van der Waals surface area contributed by atoms with Crippen LogP contribution >= 0.6 is 0 Å². The number of aryl methyl sites for hydroxylation is 1. The average Bonchev–Trinajstić information content (AvgIpc) is 3.01. The van der Waals surface area contributed by atoms with Crippen molar-refractivity contribution in [2.24, 2.45) is 0 Å². The van der Waals surface area contributed by atoms with Gasteiger partial charge in [-0.25, -0.2) is 0 Å². The van der Waals surface area contributed by atoms with Gasteiger partial charge in [0.15, 0.2) is 11.3 Å². The Morgan fingerprint density at radius 3 is 2.71 bits per heavy atom. The monoisotopic (exact) mass is 348 g/mol. The third-order valence-corrected chi connectivity index (χ3v) is 5.24. The zero-order valence-corrected chi connectivity index (χ0v) is 14.9. The second-order valence-corrected chi connectivity index (χ2v) is 7.01. The fourth-order valence-electron chi connectivity index (χ4n) is 2.65. The minimum Gasteiger partial charge on any atom is -0.496 e. The van der Waals surface area contributed by atoms with Crippen LogP contribution < -0.4 is 20.1 Å². The first kappa shape index (κ1) is 16.5. The van der Waals surface area contributed by atoms with Crippen molar-refractivity contribution in [2.45, 2.75) is 25.1 Å². The molecule has 24 heavy (non-hydrogen) atoms. The van der Waals surface area contributed by atoms with Crippen molar-refractivity contribution in [3.8, 4) is 11.6 Å². The second-order valence-electron chi connectivity index (χ2n) is 5.49. The summed E-state index contributed by atoms with van der Waals surface area (Å²) in [6.07, 6.45) is 1.75. The summed E-state index contributed by atoms with van der Waals surface area (Å²) < 4.78 is 23.2. The molecule has 1 aliphatic rings. The van der Waals surface area contributed by atoms with Gasteiger partial charge in [0, 0.05) is 23.4 Å². The summed E-state index contributed by atoms with van der Waals surface area (Å²) in [4.78, 5) is 8.71. The predicted octanol–water partition coefficient (Wildman–Crippen LogP) is 2.18. The van der Waals surface area contributed by atoms with Gasteiger partial charge in [-0.3, -0.25) is 9.19 Å². The molecular weight excluding hydrogens is 328 g/mol. The summed E-state index contributed by atoms with van der Waals surface area (Å²) in [6.45, 7) is 3.87. The summed E-state index contributed by atoms with van der Waals surface area (Å²) in [5.74, 6) is 2.26. The molecule has 1 aliphatic heterocycles. The Morgan fingerprint density at radius 1 is 1.21 bits per heavy atom. The lowest BCUT2D eigenvalue weighted by atomic mass is 10.1. The Bertz CT molecular complexity index is 797. The number of nitrogens with zero attached hydrogens (tertiary/aromatic N) is 2. The molecule has 0 radical (unpaired) electrons. The first-order chi connectivity index (χ1) is 11.5. The molecule has 2 N–H and O–H groups in total. The standard InChI is InChI=1S/C16H20N4O3S/c1-9-7-17-12(10(2)14(9)23-4)8-24(21)16-18-11-5-6-13(22-3)19-15(11)20-16/h5-7,16,18H,8H2,1-4H3,(H,19,20). The fraction of sp³-hybridized carbons (Fsp3) is 0.375. The van der Waals surface area contributed by atoms with Gasteiger partial charge in [0.25, 0.3) is 0 Å². The molecule has 0 aromatic carbocycles. The van der Waals surface area contributed by atoms with Gasteiger partial charge in [-0.2, -0.15) is 4.98 Å². The van der Waals surface area contributed by atoms with E-state index in [9.17, 15) is 4.21 Å². The maximum absolute atomic E-state index is 12.7. The van der Waals surface area contributed by atoms with Crippen LogP contribution in [0.25, 0.3) is 0 Å². The summed E-state index contributed by atoms with van der Waals surface area (Å²) in [6, 6.07) is 3.61. The third kappa shape index (κ3) is 3.01. The Labute approximate surface area is 143 Å². The maximum atomic E-state index is 12.7. The molecule has 3 rings (SSSR count). The van der Waals surface area contributed by atoms with Crippen LogP contribution in [-0.4, -0.2) is 33.9 Å². The minimum atomic E-state index is -1.23.